The fourth-order valence-corrected chi connectivity index (χ4v) is 1.03. The molecule has 1 heterocycles. The van der Waals surface area contributed by atoms with Crippen LogP contribution in [0.2, 0.25) is 0 Å². The Morgan fingerprint density at radius 3 is 2.73 bits per heavy atom. The van der Waals surface area contributed by atoms with E-state index < -0.39 is 0 Å². The third-order valence-corrected chi connectivity index (χ3v) is 1.63. The minimum atomic E-state index is 0.277. The molecule has 1 aromatic rings. The van der Waals surface area contributed by atoms with Crippen molar-refractivity contribution in [3.8, 4) is 0 Å². The molecule has 0 aromatic carbocycles. The topological polar surface area (TPSA) is 33.4 Å². The SMILES string of the molecule is Cc1ccc(CCCCO)o1. The molecule has 0 fully saturated rings. The molecule has 0 bridgehead atoms. The zero-order chi connectivity index (χ0) is 8.10. The van der Waals surface area contributed by atoms with Gasteiger partial charge >= 0.3 is 0 Å². The number of rotatable bonds is 4. The normalized spacial score (nSPS) is 10.4. The van der Waals surface area contributed by atoms with Crippen LogP contribution in [0.5, 0.6) is 0 Å². The number of aliphatic hydroxyl groups excluding tert-OH is 1. The molecule has 0 saturated carbocycles. The van der Waals surface area contributed by atoms with Gasteiger partial charge in [0.05, 0.1) is 0 Å². The van der Waals surface area contributed by atoms with Crippen LogP contribution >= 0.6 is 0 Å². The van der Waals surface area contributed by atoms with Gasteiger partial charge in [0.1, 0.15) is 11.5 Å². The highest BCUT2D eigenvalue weighted by molar-refractivity contribution is 5.05. The molecule has 0 aliphatic heterocycles. The van der Waals surface area contributed by atoms with Crippen molar-refractivity contribution in [2.24, 2.45) is 0 Å². The predicted octanol–water partition coefficient (Wildman–Crippen LogP) is 1.90. The average molecular weight is 154 g/mol. The summed E-state index contributed by atoms with van der Waals surface area (Å²) in [4.78, 5) is 0. The van der Waals surface area contributed by atoms with Crippen molar-refractivity contribution in [2.75, 3.05) is 6.61 Å². The van der Waals surface area contributed by atoms with Gasteiger partial charge in [0.25, 0.3) is 0 Å². The maximum absolute atomic E-state index is 8.52. The van der Waals surface area contributed by atoms with Gasteiger partial charge in [0, 0.05) is 13.0 Å². The summed E-state index contributed by atoms with van der Waals surface area (Å²) in [5.41, 5.74) is 0. The maximum Gasteiger partial charge on any atom is 0.104 e. The Labute approximate surface area is 66.8 Å². The van der Waals surface area contributed by atoms with Gasteiger partial charge in [0.2, 0.25) is 0 Å². The lowest BCUT2D eigenvalue weighted by Gasteiger charge is -1.93. The Morgan fingerprint density at radius 1 is 1.36 bits per heavy atom. The van der Waals surface area contributed by atoms with Gasteiger partial charge in [-0.3, -0.25) is 0 Å². The van der Waals surface area contributed by atoms with Gasteiger partial charge in [-0.1, -0.05) is 0 Å². The fourth-order valence-electron chi connectivity index (χ4n) is 1.03. The summed E-state index contributed by atoms with van der Waals surface area (Å²) in [5.74, 6) is 1.99. The second-order valence-corrected chi connectivity index (χ2v) is 2.69. The van der Waals surface area contributed by atoms with Crippen LogP contribution in [0.3, 0.4) is 0 Å². The van der Waals surface area contributed by atoms with Crippen LogP contribution in [-0.4, -0.2) is 11.7 Å². The molecule has 0 aliphatic carbocycles. The summed E-state index contributed by atoms with van der Waals surface area (Å²) in [6, 6.07) is 3.96. The highest BCUT2D eigenvalue weighted by Gasteiger charge is 1.96. The van der Waals surface area contributed by atoms with E-state index in [1.165, 1.54) is 0 Å². The second kappa shape index (κ2) is 4.19. The van der Waals surface area contributed by atoms with Gasteiger partial charge in [-0.15, -0.1) is 0 Å². The lowest BCUT2D eigenvalue weighted by Crippen LogP contribution is -1.85. The third kappa shape index (κ3) is 2.76. The highest BCUT2D eigenvalue weighted by atomic mass is 16.3. The Balaban J connectivity index is 2.27. The molecule has 0 saturated heterocycles. The fraction of sp³-hybridized carbons (Fsp3) is 0.556. The molecule has 2 heteroatoms. The molecule has 1 N–H and O–H groups in total. The van der Waals surface area contributed by atoms with Gasteiger partial charge in [0.15, 0.2) is 0 Å². The number of aliphatic hydroxyl groups is 1. The van der Waals surface area contributed by atoms with Crippen molar-refractivity contribution >= 4 is 0 Å². The Kier molecular flexibility index (Phi) is 3.17. The first kappa shape index (κ1) is 8.34. The first-order valence-electron chi connectivity index (χ1n) is 3.99. The van der Waals surface area contributed by atoms with E-state index in [0.717, 1.165) is 30.8 Å². The van der Waals surface area contributed by atoms with Crippen LogP contribution in [0.15, 0.2) is 16.5 Å². The standard InChI is InChI=1S/C9H14O2/c1-8-5-6-9(11-8)4-2-3-7-10/h5-6,10H,2-4,7H2,1H3. The summed E-state index contributed by atoms with van der Waals surface area (Å²) in [6.45, 7) is 2.22. The van der Waals surface area contributed by atoms with Gasteiger partial charge in [-0.05, 0) is 31.9 Å². The highest BCUT2D eigenvalue weighted by Crippen LogP contribution is 2.09. The zero-order valence-electron chi connectivity index (χ0n) is 6.84. The van der Waals surface area contributed by atoms with Crippen LogP contribution in [-0.2, 0) is 6.42 Å². The number of unbranched alkanes of at least 4 members (excludes halogenated alkanes) is 1. The zero-order valence-corrected chi connectivity index (χ0v) is 6.84. The van der Waals surface area contributed by atoms with Gasteiger partial charge in [-0.2, -0.15) is 0 Å². The van der Waals surface area contributed by atoms with E-state index >= 15 is 0 Å². The molecule has 0 atom stereocenters. The minimum absolute atomic E-state index is 0.277. The smallest absolute Gasteiger partial charge is 0.104 e. The largest absolute Gasteiger partial charge is 0.466 e. The van der Waals surface area contributed by atoms with Gasteiger partial charge < -0.3 is 9.52 Å². The van der Waals surface area contributed by atoms with E-state index in [2.05, 4.69) is 0 Å². The Hall–Kier alpha value is -0.760. The summed E-state index contributed by atoms with van der Waals surface area (Å²) < 4.78 is 5.35. The summed E-state index contributed by atoms with van der Waals surface area (Å²) >= 11 is 0. The van der Waals surface area contributed by atoms with Crippen molar-refractivity contribution in [3.63, 3.8) is 0 Å². The first-order valence-corrected chi connectivity index (χ1v) is 3.99. The molecule has 0 aliphatic rings. The number of hydrogen-bond donors (Lipinski definition) is 1. The van der Waals surface area contributed by atoms with Crippen LogP contribution < -0.4 is 0 Å². The third-order valence-electron chi connectivity index (χ3n) is 1.63. The van der Waals surface area contributed by atoms with Crippen molar-refractivity contribution in [3.05, 3.63) is 23.7 Å². The molecule has 1 rings (SSSR count). The molecular formula is C9H14O2. The molecule has 0 spiro atoms. The number of aryl methyl sites for hydroxylation is 2. The van der Waals surface area contributed by atoms with Crippen LogP contribution in [0.4, 0.5) is 0 Å². The van der Waals surface area contributed by atoms with Crippen molar-refractivity contribution < 1.29 is 9.52 Å². The monoisotopic (exact) mass is 154 g/mol. The Morgan fingerprint density at radius 2 is 2.18 bits per heavy atom. The molecule has 0 unspecified atom stereocenters. The average Bonchev–Trinajstić information content (AvgIpc) is 2.37. The summed E-state index contributed by atoms with van der Waals surface area (Å²) in [7, 11) is 0. The molecule has 0 radical (unpaired) electrons. The van der Waals surface area contributed by atoms with Crippen molar-refractivity contribution in [1.29, 1.82) is 0 Å². The second-order valence-electron chi connectivity index (χ2n) is 2.69. The molecule has 62 valence electrons. The first-order chi connectivity index (χ1) is 5.33. The molecule has 11 heavy (non-hydrogen) atoms. The lowest BCUT2D eigenvalue weighted by molar-refractivity contribution is 0.283. The van der Waals surface area contributed by atoms with E-state index in [-0.39, 0.29) is 6.61 Å². The molecule has 1 aromatic heterocycles. The van der Waals surface area contributed by atoms with E-state index in [0.29, 0.717) is 0 Å². The van der Waals surface area contributed by atoms with E-state index in [1.54, 1.807) is 0 Å². The Bertz CT molecular complexity index is 203. The molecular weight excluding hydrogens is 140 g/mol. The van der Waals surface area contributed by atoms with E-state index in [9.17, 15) is 0 Å². The molecule has 2 nitrogen and oxygen atoms in total. The van der Waals surface area contributed by atoms with Crippen LogP contribution in [0.1, 0.15) is 24.4 Å². The van der Waals surface area contributed by atoms with Gasteiger partial charge in [-0.25, -0.2) is 0 Å². The predicted molar refractivity (Wildman–Crippen MR) is 43.5 cm³/mol. The maximum atomic E-state index is 8.52. The molecule has 0 amide bonds. The van der Waals surface area contributed by atoms with Crippen LogP contribution in [0.25, 0.3) is 0 Å². The van der Waals surface area contributed by atoms with Crippen molar-refractivity contribution in [2.45, 2.75) is 26.2 Å². The number of furan rings is 1. The van der Waals surface area contributed by atoms with Crippen LogP contribution in [0, 0.1) is 6.92 Å². The number of hydrogen-bond acceptors (Lipinski definition) is 2. The van der Waals surface area contributed by atoms with Crippen molar-refractivity contribution in [1.82, 2.24) is 0 Å². The summed E-state index contributed by atoms with van der Waals surface area (Å²) in [5, 5.41) is 8.52. The quantitative estimate of drug-likeness (QED) is 0.672. The minimum Gasteiger partial charge on any atom is -0.466 e. The van der Waals surface area contributed by atoms with E-state index in [4.69, 9.17) is 9.52 Å². The summed E-state index contributed by atoms with van der Waals surface area (Å²) in [6.07, 6.45) is 2.80. The van der Waals surface area contributed by atoms with E-state index in [1.807, 2.05) is 19.1 Å². The lowest BCUT2D eigenvalue weighted by atomic mass is 10.2.